The molecule has 0 aromatic heterocycles. The third-order valence-corrected chi connectivity index (χ3v) is 3.00. The molecule has 0 bridgehead atoms. The summed E-state index contributed by atoms with van der Waals surface area (Å²) in [5.41, 5.74) is 6.93. The third-order valence-electron chi connectivity index (χ3n) is 3.00. The molecule has 1 aliphatic rings. The molecule has 2 N–H and O–H groups in total. The van der Waals surface area contributed by atoms with Crippen LogP contribution in [0.5, 0.6) is 5.75 Å². The van der Waals surface area contributed by atoms with E-state index < -0.39 is 5.54 Å². The molecule has 1 aromatic carbocycles. The van der Waals surface area contributed by atoms with Crippen molar-refractivity contribution in [1.82, 2.24) is 0 Å². The minimum Gasteiger partial charge on any atom is -0.496 e. The first kappa shape index (κ1) is 11.4. The fourth-order valence-electron chi connectivity index (χ4n) is 1.84. The van der Waals surface area contributed by atoms with Crippen LogP contribution in [0.3, 0.4) is 0 Å². The zero-order chi connectivity index (χ0) is 11.8. The number of nitrogens with two attached hydrogens (primary N) is 1. The lowest BCUT2D eigenvalue weighted by molar-refractivity contribution is 0.181. The summed E-state index contributed by atoms with van der Waals surface area (Å²) < 4.78 is 24.0. The summed E-state index contributed by atoms with van der Waals surface area (Å²) in [6, 6.07) is 3.14. The van der Waals surface area contributed by atoms with E-state index in [0.717, 1.165) is 18.4 Å². The highest BCUT2D eigenvalue weighted by molar-refractivity contribution is 5.42. The average Bonchev–Trinajstić information content (AvgIpc) is 3.00. The quantitative estimate of drug-likeness (QED) is 0.851. The number of methoxy groups -OCH3 is 2. The Labute approximate surface area is 94.3 Å². The van der Waals surface area contributed by atoms with Gasteiger partial charge in [0.2, 0.25) is 0 Å². The number of halogens is 1. The Morgan fingerprint density at radius 1 is 1.38 bits per heavy atom. The summed E-state index contributed by atoms with van der Waals surface area (Å²) in [6.07, 6.45) is 1.67. The molecule has 0 amide bonds. The monoisotopic (exact) mass is 225 g/mol. The normalized spacial score (nSPS) is 17.2. The molecule has 0 atom stereocenters. The molecule has 0 unspecified atom stereocenters. The van der Waals surface area contributed by atoms with Gasteiger partial charge in [0.1, 0.15) is 11.6 Å². The molecule has 88 valence electrons. The van der Waals surface area contributed by atoms with Crippen LogP contribution in [0.25, 0.3) is 0 Å². The average molecular weight is 225 g/mol. The van der Waals surface area contributed by atoms with Crippen molar-refractivity contribution in [2.75, 3.05) is 14.2 Å². The highest BCUT2D eigenvalue weighted by Crippen LogP contribution is 2.45. The fourth-order valence-corrected chi connectivity index (χ4v) is 1.84. The van der Waals surface area contributed by atoms with Crippen molar-refractivity contribution in [3.05, 3.63) is 29.1 Å². The molecule has 1 aromatic rings. The zero-order valence-electron chi connectivity index (χ0n) is 9.55. The van der Waals surface area contributed by atoms with Crippen LogP contribution in [-0.4, -0.2) is 14.2 Å². The van der Waals surface area contributed by atoms with Crippen molar-refractivity contribution in [3.8, 4) is 5.75 Å². The third kappa shape index (κ3) is 1.90. The minimum absolute atomic E-state index is 0.295. The molecule has 16 heavy (non-hydrogen) atoms. The maximum Gasteiger partial charge on any atom is 0.131 e. The molecule has 3 nitrogen and oxygen atoms in total. The van der Waals surface area contributed by atoms with Gasteiger partial charge in [0, 0.05) is 29.8 Å². The molecule has 0 saturated heterocycles. The summed E-state index contributed by atoms with van der Waals surface area (Å²) >= 11 is 0. The van der Waals surface area contributed by atoms with Gasteiger partial charge in [-0.15, -0.1) is 0 Å². The van der Waals surface area contributed by atoms with Gasteiger partial charge >= 0.3 is 0 Å². The molecule has 0 heterocycles. The highest BCUT2D eigenvalue weighted by Gasteiger charge is 2.42. The Bertz CT molecular complexity index is 402. The van der Waals surface area contributed by atoms with Gasteiger partial charge in [0.05, 0.1) is 13.7 Å². The van der Waals surface area contributed by atoms with E-state index in [1.807, 2.05) is 0 Å². The van der Waals surface area contributed by atoms with Crippen LogP contribution in [0.2, 0.25) is 0 Å². The molecule has 2 rings (SSSR count). The topological polar surface area (TPSA) is 44.5 Å². The summed E-state index contributed by atoms with van der Waals surface area (Å²) in [5.74, 6) is 0.212. The van der Waals surface area contributed by atoms with Gasteiger partial charge < -0.3 is 15.2 Å². The number of hydrogen-bond donors (Lipinski definition) is 1. The van der Waals surface area contributed by atoms with Crippen molar-refractivity contribution in [3.63, 3.8) is 0 Å². The SMILES string of the molecule is COCc1cc(C2(N)CC2)c(F)cc1OC. The fraction of sp³-hybridized carbons (Fsp3) is 0.500. The zero-order valence-corrected chi connectivity index (χ0v) is 9.55. The lowest BCUT2D eigenvalue weighted by Crippen LogP contribution is -2.21. The summed E-state index contributed by atoms with van der Waals surface area (Å²) in [7, 11) is 3.11. The van der Waals surface area contributed by atoms with Gasteiger partial charge in [-0.3, -0.25) is 0 Å². The van der Waals surface area contributed by atoms with E-state index in [9.17, 15) is 4.39 Å². The van der Waals surface area contributed by atoms with E-state index in [1.54, 1.807) is 13.2 Å². The first-order chi connectivity index (χ1) is 7.60. The van der Waals surface area contributed by atoms with Crippen LogP contribution in [-0.2, 0) is 16.9 Å². The van der Waals surface area contributed by atoms with Gasteiger partial charge in [-0.1, -0.05) is 0 Å². The summed E-state index contributed by atoms with van der Waals surface area (Å²) in [6.45, 7) is 0.395. The van der Waals surface area contributed by atoms with Gasteiger partial charge in [0.25, 0.3) is 0 Å². The van der Waals surface area contributed by atoms with Gasteiger partial charge in [0.15, 0.2) is 0 Å². The Hall–Kier alpha value is -1.13. The van der Waals surface area contributed by atoms with Gasteiger partial charge in [-0.25, -0.2) is 4.39 Å². The van der Waals surface area contributed by atoms with E-state index in [4.69, 9.17) is 15.2 Å². The molecular weight excluding hydrogens is 209 g/mol. The van der Waals surface area contributed by atoms with Crippen LogP contribution < -0.4 is 10.5 Å². The lowest BCUT2D eigenvalue weighted by Gasteiger charge is -2.15. The molecule has 1 saturated carbocycles. The molecule has 1 aliphatic carbocycles. The van der Waals surface area contributed by atoms with Crippen LogP contribution in [0.15, 0.2) is 12.1 Å². The second-order valence-electron chi connectivity index (χ2n) is 4.23. The first-order valence-corrected chi connectivity index (χ1v) is 5.25. The lowest BCUT2D eigenvalue weighted by atomic mass is 10.0. The Morgan fingerprint density at radius 2 is 2.06 bits per heavy atom. The van der Waals surface area contributed by atoms with Crippen molar-refractivity contribution in [1.29, 1.82) is 0 Å². The van der Waals surface area contributed by atoms with Crippen molar-refractivity contribution in [2.45, 2.75) is 25.0 Å². The van der Waals surface area contributed by atoms with E-state index in [1.165, 1.54) is 13.2 Å². The second-order valence-corrected chi connectivity index (χ2v) is 4.23. The molecule has 0 spiro atoms. The van der Waals surface area contributed by atoms with E-state index in [0.29, 0.717) is 17.9 Å². The first-order valence-electron chi connectivity index (χ1n) is 5.25. The van der Waals surface area contributed by atoms with E-state index in [2.05, 4.69) is 0 Å². The standard InChI is InChI=1S/C12H16FNO2/c1-15-7-8-5-9(12(14)3-4-12)10(13)6-11(8)16-2/h5-6H,3-4,7,14H2,1-2H3. The van der Waals surface area contributed by atoms with Crippen LogP contribution in [0.4, 0.5) is 4.39 Å². The molecular formula is C12H16FNO2. The van der Waals surface area contributed by atoms with Crippen LogP contribution in [0, 0.1) is 5.82 Å². The van der Waals surface area contributed by atoms with Crippen molar-refractivity contribution >= 4 is 0 Å². The van der Waals surface area contributed by atoms with E-state index >= 15 is 0 Å². The largest absolute Gasteiger partial charge is 0.496 e. The number of benzene rings is 1. The Kier molecular flexibility index (Phi) is 2.86. The van der Waals surface area contributed by atoms with Crippen molar-refractivity contribution < 1.29 is 13.9 Å². The minimum atomic E-state index is -0.473. The summed E-state index contributed by atoms with van der Waals surface area (Å²) in [5, 5.41) is 0. The molecule has 1 fully saturated rings. The maximum absolute atomic E-state index is 13.8. The predicted molar refractivity (Wildman–Crippen MR) is 58.8 cm³/mol. The maximum atomic E-state index is 13.8. The van der Waals surface area contributed by atoms with Crippen LogP contribution in [0.1, 0.15) is 24.0 Å². The van der Waals surface area contributed by atoms with Gasteiger partial charge in [-0.05, 0) is 18.9 Å². The second kappa shape index (κ2) is 4.03. The molecule has 0 radical (unpaired) electrons. The Balaban J connectivity index is 2.43. The molecule has 4 heteroatoms. The molecule has 0 aliphatic heterocycles. The highest BCUT2D eigenvalue weighted by atomic mass is 19.1. The van der Waals surface area contributed by atoms with Gasteiger partial charge in [-0.2, -0.15) is 0 Å². The smallest absolute Gasteiger partial charge is 0.131 e. The number of rotatable bonds is 4. The van der Waals surface area contributed by atoms with Crippen molar-refractivity contribution in [2.24, 2.45) is 5.73 Å². The number of ether oxygens (including phenoxy) is 2. The predicted octanol–water partition coefficient (Wildman–Crippen LogP) is 1.93. The Morgan fingerprint density at radius 3 is 2.56 bits per heavy atom. The van der Waals surface area contributed by atoms with Crippen LogP contribution >= 0.6 is 0 Å². The number of hydrogen-bond acceptors (Lipinski definition) is 3. The summed E-state index contributed by atoms with van der Waals surface area (Å²) in [4.78, 5) is 0. The van der Waals surface area contributed by atoms with E-state index in [-0.39, 0.29) is 5.82 Å².